The molecule has 0 unspecified atom stereocenters. The predicted molar refractivity (Wildman–Crippen MR) is 94.5 cm³/mol. The molecule has 5 nitrogen and oxygen atoms in total. The molecule has 4 rings (SSSR count). The number of hydrogen-bond donors (Lipinski definition) is 1. The second-order valence-corrected chi connectivity index (χ2v) is 6.77. The first-order valence-electron chi connectivity index (χ1n) is 8.78. The molecule has 0 spiro atoms. The first-order chi connectivity index (χ1) is 12.2. The van der Waals surface area contributed by atoms with Crippen LogP contribution in [0.1, 0.15) is 17.5 Å². The van der Waals surface area contributed by atoms with Crippen molar-refractivity contribution < 1.29 is 14.3 Å². The number of nitrogens with one attached hydrogen (secondary N) is 1. The van der Waals surface area contributed by atoms with Gasteiger partial charge >= 0.3 is 0 Å². The Morgan fingerprint density at radius 2 is 2.28 bits per heavy atom. The minimum absolute atomic E-state index is 0.0184. The van der Waals surface area contributed by atoms with Crippen molar-refractivity contribution in [3.05, 3.63) is 47.7 Å². The quantitative estimate of drug-likeness (QED) is 0.930. The summed E-state index contributed by atoms with van der Waals surface area (Å²) in [4.78, 5) is 16.6. The van der Waals surface area contributed by atoms with Crippen molar-refractivity contribution >= 4 is 5.91 Å². The normalized spacial score (nSPS) is 21.6. The Bertz CT molecular complexity index is 770. The summed E-state index contributed by atoms with van der Waals surface area (Å²) in [6, 6.07) is 10.2. The van der Waals surface area contributed by atoms with Gasteiger partial charge in [-0.05, 0) is 42.7 Å². The van der Waals surface area contributed by atoms with E-state index in [1.165, 1.54) is 11.1 Å². The van der Waals surface area contributed by atoms with Crippen LogP contribution in [0.3, 0.4) is 0 Å². The van der Waals surface area contributed by atoms with E-state index in [9.17, 15) is 4.79 Å². The Kier molecular flexibility index (Phi) is 4.40. The van der Waals surface area contributed by atoms with E-state index in [2.05, 4.69) is 29.4 Å². The number of fused-ring (bicyclic) bond motifs is 1. The Labute approximate surface area is 147 Å². The Hall–Kier alpha value is -2.40. The maximum absolute atomic E-state index is 12.2. The van der Waals surface area contributed by atoms with Gasteiger partial charge in [-0.1, -0.05) is 12.1 Å². The van der Waals surface area contributed by atoms with E-state index in [-0.39, 0.29) is 17.9 Å². The monoisotopic (exact) mass is 338 g/mol. The van der Waals surface area contributed by atoms with E-state index in [4.69, 9.17) is 9.47 Å². The van der Waals surface area contributed by atoms with Crippen molar-refractivity contribution in [2.45, 2.75) is 25.9 Å². The number of pyridine rings is 1. The van der Waals surface area contributed by atoms with Gasteiger partial charge in [-0.3, -0.25) is 9.78 Å². The van der Waals surface area contributed by atoms with E-state index in [0.717, 1.165) is 29.8 Å². The molecule has 3 heterocycles. The summed E-state index contributed by atoms with van der Waals surface area (Å²) in [5, 5.41) is 3.02. The molecule has 130 valence electrons. The number of hydrogen-bond acceptors (Lipinski definition) is 4. The third-order valence-corrected chi connectivity index (χ3v) is 4.79. The summed E-state index contributed by atoms with van der Waals surface area (Å²) in [7, 11) is 0. The van der Waals surface area contributed by atoms with Gasteiger partial charge in [0.1, 0.15) is 11.9 Å². The largest absolute Gasteiger partial charge is 0.487 e. The van der Waals surface area contributed by atoms with Gasteiger partial charge in [0.15, 0.2) is 0 Å². The zero-order valence-electron chi connectivity index (χ0n) is 14.3. The van der Waals surface area contributed by atoms with Crippen LogP contribution in [0.5, 0.6) is 5.75 Å². The van der Waals surface area contributed by atoms with E-state index >= 15 is 0 Å². The molecule has 2 aliphatic rings. The number of aromatic nitrogens is 1. The van der Waals surface area contributed by atoms with E-state index in [1.54, 1.807) is 6.20 Å². The maximum Gasteiger partial charge on any atom is 0.225 e. The zero-order valence-corrected chi connectivity index (χ0v) is 14.3. The third kappa shape index (κ3) is 3.37. The first-order valence-corrected chi connectivity index (χ1v) is 8.78. The lowest BCUT2D eigenvalue weighted by Gasteiger charge is -2.15. The highest BCUT2D eigenvalue weighted by atomic mass is 16.5. The summed E-state index contributed by atoms with van der Waals surface area (Å²) in [6.45, 7) is 3.81. The van der Waals surface area contributed by atoms with Crippen LogP contribution in [0, 0.1) is 12.8 Å². The molecule has 2 aromatic rings. The first kappa shape index (κ1) is 16.1. The number of benzene rings is 1. The minimum Gasteiger partial charge on any atom is -0.487 e. The van der Waals surface area contributed by atoms with Gasteiger partial charge in [0.05, 0.1) is 24.8 Å². The van der Waals surface area contributed by atoms with Gasteiger partial charge in [0.25, 0.3) is 0 Å². The molecule has 1 fully saturated rings. The van der Waals surface area contributed by atoms with Crippen molar-refractivity contribution in [3.8, 4) is 17.0 Å². The fraction of sp³-hybridized carbons (Fsp3) is 0.400. The molecule has 1 aromatic carbocycles. The van der Waals surface area contributed by atoms with Crippen LogP contribution in [-0.4, -0.2) is 36.8 Å². The van der Waals surface area contributed by atoms with Crippen LogP contribution in [0.4, 0.5) is 0 Å². The summed E-state index contributed by atoms with van der Waals surface area (Å²) in [6.07, 6.45) is 3.37. The average molecular weight is 338 g/mol. The molecule has 1 aromatic heterocycles. The van der Waals surface area contributed by atoms with Crippen LogP contribution in [-0.2, 0) is 16.0 Å². The van der Waals surface area contributed by atoms with E-state index in [0.29, 0.717) is 19.8 Å². The highest BCUT2D eigenvalue weighted by molar-refractivity contribution is 5.79. The molecule has 2 aliphatic heterocycles. The van der Waals surface area contributed by atoms with Crippen LogP contribution < -0.4 is 10.1 Å². The molecule has 0 saturated carbocycles. The minimum atomic E-state index is -0.0365. The SMILES string of the molecule is Cc1cc2c(c(-c3ccccn3)c1)O[C@@H](CNC(=O)[C@H]1CCOC1)C2. The van der Waals surface area contributed by atoms with Crippen LogP contribution in [0.25, 0.3) is 11.3 Å². The molecule has 2 atom stereocenters. The number of nitrogens with zero attached hydrogens (tertiary/aromatic N) is 1. The van der Waals surface area contributed by atoms with Gasteiger partial charge < -0.3 is 14.8 Å². The summed E-state index contributed by atoms with van der Waals surface area (Å²) in [5.41, 5.74) is 4.31. The lowest BCUT2D eigenvalue weighted by molar-refractivity contribution is -0.125. The van der Waals surface area contributed by atoms with Crippen molar-refractivity contribution in [1.29, 1.82) is 0 Å². The van der Waals surface area contributed by atoms with Crippen molar-refractivity contribution in [2.24, 2.45) is 5.92 Å². The molecule has 1 amide bonds. The van der Waals surface area contributed by atoms with Crippen LogP contribution in [0.2, 0.25) is 0 Å². The maximum atomic E-state index is 12.2. The Balaban J connectivity index is 1.48. The summed E-state index contributed by atoms with van der Waals surface area (Å²) < 4.78 is 11.5. The van der Waals surface area contributed by atoms with E-state index in [1.807, 2.05) is 18.2 Å². The van der Waals surface area contributed by atoms with Gasteiger partial charge in [-0.2, -0.15) is 0 Å². The number of aryl methyl sites for hydroxylation is 1. The second kappa shape index (κ2) is 6.84. The molecule has 1 saturated heterocycles. The summed E-state index contributed by atoms with van der Waals surface area (Å²) in [5.74, 6) is 0.945. The van der Waals surface area contributed by atoms with Crippen LogP contribution >= 0.6 is 0 Å². The number of rotatable bonds is 4. The number of carbonyl (C=O) groups excluding carboxylic acids is 1. The Morgan fingerprint density at radius 1 is 1.36 bits per heavy atom. The molecule has 0 bridgehead atoms. The smallest absolute Gasteiger partial charge is 0.225 e. The Morgan fingerprint density at radius 3 is 3.04 bits per heavy atom. The van der Waals surface area contributed by atoms with Crippen molar-refractivity contribution in [1.82, 2.24) is 10.3 Å². The van der Waals surface area contributed by atoms with E-state index < -0.39 is 0 Å². The molecule has 5 heteroatoms. The number of ether oxygens (including phenoxy) is 2. The molecule has 1 N–H and O–H groups in total. The molecule has 0 radical (unpaired) electrons. The molecule has 0 aliphatic carbocycles. The van der Waals surface area contributed by atoms with Gasteiger partial charge in [-0.25, -0.2) is 0 Å². The highest BCUT2D eigenvalue weighted by Crippen LogP contribution is 2.39. The lowest BCUT2D eigenvalue weighted by atomic mass is 10.0. The topological polar surface area (TPSA) is 60.5 Å². The van der Waals surface area contributed by atoms with Gasteiger partial charge in [0, 0.05) is 24.8 Å². The molecule has 25 heavy (non-hydrogen) atoms. The number of amides is 1. The molecular weight excluding hydrogens is 316 g/mol. The lowest BCUT2D eigenvalue weighted by Crippen LogP contribution is -2.38. The molecular formula is C20H22N2O3. The number of carbonyl (C=O) groups is 1. The zero-order chi connectivity index (χ0) is 17.2. The third-order valence-electron chi connectivity index (χ3n) is 4.79. The van der Waals surface area contributed by atoms with Gasteiger partial charge in [-0.15, -0.1) is 0 Å². The fourth-order valence-corrected chi connectivity index (χ4v) is 3.52. The van der Waals surface area contributed by atoms with Crippen molar-refractivity contribution in [2.75, 3.05) is 19.8 Å². The van der Waals surface area contributed by atoms with Crippen molar-refractivity contribution in [3.63, 3.8) is 0 Å². The van der Waals surface area contributed by atoms with Gasteiger partial charge in [0.2, 0.25) is 5.91 Å². The average Bonchev–Trinajstić information content (AvgIpc) is 3.29. The second-order valence-electron chi connectivity index (χ2n) is 6.77. The summed E-state index contributed by atoms with van der Waals surface area (Å²) >= 11 is 0. The fourth-order valence-electron chi connectivity index (χ4n) is 3.52. The van der Waals surface area contributed by atoms with Crippen LogP contribution in [0.15, 0.2) is 36.5 Å². The predicted octanol–water partition coefficient (Wildman–Crippen LogP) is 2.51. The standard InChI is InChI=1S/C20H22N2O3/c1-13-8-15-10-16(11-22-20(23)14-5-7-24-12-14)25-19(15)17(9-13)18-4-2-3-6-21-18/h2-4,6,8-9,14,16H,5,7,10-12H2,1H3,(H,22,23)/t14-,16+/m0/s1. The highest BCUT2D eigenvalue weighted by Gasteiger charge is 2.29.